The largest absolute Gasteiger partial charge is 0.484 e. The van der Waals surface area contributed by atoms with E-state index in [2.05, 4.69) is 32.9 Å². The zero-order valence-electron chi connectivity index (χ0n) is 15.8. The van der Waals surface area contributed by atoms with Gasteiger partial charge >= 0.3 is 0 Å². The van der Waals surface area contributed by atoms with Gasteiger partial charge in [0.2, 0.25) is 0 Å². The second-order valence-electron chi connectivity index (χ2n) is 6.42. The van der Waals surface area contributed by atoms with Crippen LogP contribution in [0.5, 0.6) is 5.75 Å². The maximum Gasteiger partial charge on any atom is 0.262 e. The molecule has 28 heavy (non-hydrogen) atoms. The number of hydrogen-bond acceptors (Lipinski definition) is 3. The Hall–Kier alpha value is -2.67. The van der Waals surface area contributed by atoms with Gasteiger partial charge in [0.15, 0.2) is 6.61 Å². The summed E-state index contributed by atoms with van der Waals surface area (Å²) in [6.45, 7) is 4.01. The highest BCUT2D eigenvalue weighted by atomic mass is 127. The Kier molecular flexibility index (Phi) is 6.81. The highest BCUT2D eigenvalue weighted by Gasteiger charge is 2.05. The van der Waals surface area contributed by atoms with Crippen molar-refractivity contribution < 1.29 is 9.53 Å². The van der Waals surface area contributed by atoms with Crippen molar-refractivity contribution in [2.75, 3.05) is 11.9 Å². The molecule has 0 heterocycles. The number of aryl methyl sites for hydroxylation is 2. The SMILES string of the molecule is Cc1ccc(NC(=O)COc2cccc(C=Nc3ccccc3I)c2)cc1C. The van der Waals surface area contributed by atoms with Gasteiger partial charge in [-0.3, -0.25) is 9.79 Å². The summed E-state index contributed by atoms with van der Waals surface area (Å²) in [5.41, 5.74) is 4.93. The molecule has 0 atom stereocenters. The van der Waals surface area contributed by atoms with Gasteiger partial charge in [0.25, 0.3) is 5.91 Å². The van der Waals surface area contributed by atoms with Gasteiger partial charge in [-0.2, -0.15) is 0 Å². The lowest BCUT2D eigenvalue weighted by Crippen LogP contribution is -2.20. The van der Waals surface area contributed by atoms with E-state index in [4.69, 9.17) is 4.74 Å². The summed E-state index contributed by atoms with van der Waals surface area (Å²) in [5.74, 6) is 0.433. The van der Waals surface area contributed by atoms with Crippen molar-refractivity contribution in [2.24, 2.45) is 4.99 Å². The third-order valence-corrected chi connectivity index (χ3v) is 5.14. The molecule has 0 saturated carbocycles. The molecule has 0 aliphatic rings. The van der Waals surface area contributed by atoms with Crippen molar-refractivity contribution >= 4 is 46.1 Å². The van der Waals surface area contributed by atoms with Crippen molar-refractivity contribution in [3.05, 3.63) is 87.0 Å². The van der Waals surface area contributed by atoms with E-state index in [9.17, 15) is 4.79 Å². The molecule has 3 aromatic rings. The lowest BCUT2D eigenvalue weighted by molar-refractivity contribution is -0.118. The molecular weight excluding hydrogens is 463 g/mol. The Morgan fingerprint density at radius 3 is 2.64 bits per heavy atom. The van der Waals surface area contributed by atoms with Gasteiger partial charge in [-0.05, 0) is 89.5 Å². The Bertz CT molecular complexity index is 1010. The Balaban J connectivity index is 1.59. The molecule has 0 bridgehead atoms. The van der Waals surface area contributed by atoms with E-state index in [1.54, 1.807) is 6.21 Å². The fourth-order valence-electron chi connectivity index (χ4n) is 2.55. The summed E-state index contributed by atoms with van der Waals surface area (Å²) in [5, 5.41) is 2.86. The van der Waals surface area contributed by atoms with E-state index in [1.807, 2.05) is 80.6 Å². The normalized spacial score (nSPS) is 10.8. The van der Waals surface area contributed by atoms with Crippen LogP contribution in [0.3, 0.4) is 0 Å². The van der Waals surface area contributed by atoms with Gasteiger partial charge < -0.3 is 10.1 Å². The van der Waals surface area contributed by atoms with E-state index in [0.29, 0.717) is 5.75 Å². The quantitative estimate of drug-likeness (QED) is 0.362. The summed E-state index contributed by atoms with van der Waals surface area (Å²) in [4.78, 5) is 16.7. The zero-order valence-corrected chi connectivity index (χ0v) is 17.9. The van der Waals surface area contributed by atoms with Crippen molar-refractivity contribution in [3.8, 4) is 5.75 Å². The first-order chi connectivity index (χ1) is 13.5. The molecule has 0 spiro atoms. The number of rotatable bonds is 6. The highest BCUT2D eigenvalue weighted by Crippen LogP contribution is 2.21. The number of hydrogen-bond donors (Lipinski definition) is 1. The molecule has 5 heteroatoms. The molecule has 1 N–H and O–H groups in total. The second kappa shape index (κ2) is 9.50. The van der Waals surface area contributed by atoms with Gasteiger partial charge in [0.1, 0.15) is 5.75 Å². The topological polar surface area (TPSA) is 50.7 Å². The Labute approximate surface area is 178 Å². The number of anilines is 1. The Morgan fingerprint density at radius 1 is 1.04 bits per heavy atom. The minimum Gasteiger partial charge on any atom is -0.484 e. The van der Waals surface area contributed by atoms with Crippen LogP contribution < -0.4 is 10.1 Å². The molecule has 0 fully saturated rings. The summed E-state index contributed by atoms with van der Waals surface area (Å²) in [6, 6.07) is 21.3. The fraction of sp³-hybridized carbons (Fsp3) is 0.130. The third-order valence-electron chi connectivity index (χ3n) is 4.22. The highest BCUT2D eigenvalue weighted by molar-refractivity contribution is 14.1. The smallest absolute Gasteiger partial charge is 0.262 e. The van der Waals surface area contributed by atoms with Gasteiger partial charge in [-0.15, -0.1) is 0 Å². The maximum atomic E-state index is 12.2. The van der Waals surface area contributed by atoms with Crippen LogP contribution in [-0.2, 0) is 4.79 Å². The second-order valence-corrected chi connectivity index (χ2v) is 7.58. The molecule has 3 aromatic carbocycles. The van der Waals surface area contributed by atoms with E-state index < -0.39 is 0 Å². The number of nitrogens with one attached hydrogen (secondary N) is 1. The summed E-state index contributed by atoms with van der Waals surface area (Å²) in [6.07, 6.45) is 1.79. The minimum atomic E-state index is -0.193. The average Bonchev–Trinajstić information content (AvgIpc) is 2.69. The molecule has 142 valence electrons. The van der Waals surface area contributed by atoms with Crippen molar-refractivity contribution in [1.29, 1.82) is 0 Å². The molecule has 0 saturated heterocycles. The van der Waals surface area contributed by atoms with Crippen LogP contribution in [-0.4, -0.2) is 18.7 Å². The van der Waals surface area contributed by atoms with Crippen LogP contribution in [0.25, 0.3) is 0 Å². The number of aliphatic imine (C=N–C) groups is 1. The number of benzene rings is 3. The van der Waals surface area contributed by atoms with Gasteiger partial charge in [-0.25, -0.2) is 0 Å². The first kappa shape index (κ1) is 20.1. The Morgan fingerprint density at radius 2 is 1.86 bits per heavy atom. The number of ether oxygens (including phenoxy) is 1. The molecule has 0 unspecified atom stereocenters. The number of carbonyl (C=O) groups is 1. The van der Waals surface area contributed by atoms with E-state index in [-0.39, 0.29) is 12.5 Å². The van der Waals surface area contributed by atoms with Crippen LogP contribution in [0.2, 0.25) is 0 Å². The van der Waals surface area contributed by atoms with Crippen LogP contribution in [0.4, 0.5) is 11.4 Å². The van der Waals surface area contributed by atoms with Gasteiger partial charge in [0.05, 0.1) is 5.69 Å². The third kappa shape index (κ3) is 5.66. The van der Waals surface area contributed by atoms with Gasteiger partial charge in [0, 0.05) is 15.5 Å². The molecule has 0 aliphatic heterocycles. The van der Waals surface area contributed by atoms with Crippen molar-refractivity contribution in [3.63, 3.8) is 0 Å². The predicted octanol–water partition coefficient (Wildman–Crippen LogP) is 5.68. The molecule has 4 nitrogen and oxygen atoms in total. The number of para-hydroxylation sites is 1. The van der Waals surface area contributed by atoms with Gasteiger partial charge in [-0.1, -0.05) is 30.3 Å². The predicted molar refractivity (Wildman–Crippen MR) is 123 cm³/mol. The maximum absolute atomic E-state index is 12.2. The number of nitrogens with zero attached hydrogens (tertiary/aromatic N) is 1. The average molecular weight is 484 g/mol. The fourth-order valence-corrected chi connectivity index (χ4v) is 3.08. The number of amides is 1. The van der Waals surface area contributed by atoms with E-state index >= 15 is 0 Å². The lowest BCUT2D eigenvalue weighted by atomic mass is 10.1. The first-order valence-corrected chi connectivity index (χ1v) is 9.98. The summed E-state index contributed by atoms with van der Waals surface area (Å²) >= 11 is 2.26. The minimum absolute atomic E-state index is 0.0515. The van der Waals surface area contributed by atoms with E-state index in [0.717, 1.165) is 26.1 Å². The van der Waals surface area contributed by atoms with Crippen LogP contribution in [0.15, 0.2) is 71.7 Å². The molecule has 3 rings (SSSR count). The van der Waals surface area contributed by atoms with Crippen LogP contribution in [0.1, 0.15) is 16.7 Å². The van der Waals surface area contributed by atoms with Crippen LogP contribution >= 0.6 is 22.6 Å². The monoisotopic (exact) mass is 484 g/mol. The van der Waals surface area contributed by atoms with Crippen LogP contribution in [0, 0.1) is 17.4 Å². The zero-order chi connectivity index (χ0) is 19.9. The molecule has 1 amide bonds. The lowest BCUT2D eigenvalue weighted by Gasteiger charge is -2.09. The van der Waals surface area contributed by atoms with E-state index in [1.165, 1.54) is 5.56 Å². The number of halogens is 1. The molecule has 0 radical (unpaired) electrons. The number of carbonyl (C=O) groups excluding carboxylic acids is 1. The van der Waals surface area contributed by atoms with Crippen molar-refractivity contribution in [2.45, 2.75) is 13.8 Å². The molecular formula is C23H21IN2O2. The molecule has 0 aliphatic carbocycles. The van der Waals surface area contributed by atoms with Crippen molar-refractivity contribution in [1.82, 2.24) is 0 Å². The standard InChI is InChI=1S/C23H21IN2O2/c1-16-10-11-19(12-17(16)2)26-23(27)15-28-20-7-5-6-18(13-20)14-25-22-9-4-3-8-21(22)24/h3-14H,15H2,1-2H3,(H,26,27). The summed E-state index contributed by atoms with van der Waals surface area (Å²) < 4.78 is 6.72. The molecule has 0 aromatic heterocycles. The summed E-state index contributed by atoms with van der Waals surface area (Å²) in [7, 11) is 0. The first-order valence-electron chi connectivity index (χ1n) is 8.90.